The number of hydrogen-bond donors (Lipinski definition) is 2. The van der Waals surface area contributed by atoms with E-state index >= 15 is 0 Å². The zero-order chi connectivity index (χ0) is 12.3. The molecule has 0 amide bonds. The molecule has 2 N–H and O–H groups in total. The Kier molecular flexibility index (Phi) is 3.23. The Hall–Kier alpha value is -2.10. The van der Waals surface area contributed by atoms with Crippen LogP contribution in [0.5, 0.6) is 0 Å². The molecule has 0 spiro atoms. The summed E-state index contributed by atoms with van der Waals surface area (Å²) in [5.74, 6) is 2.36. The second-order valence-electron chi connectivity index (χ2n) is 3.88. The highest BCUT2D eigenvalue weighted by atomic mass is 15.1. The van der Waals surface area contributed by atoms with E-state index in [9.17, 15) is 0 Å². The van der Waals surface area contributed by atoms with Gasteiger partial charge < -0.3 is 10.6 Å². The van der Waals surface area contributed by atoms with Crippen LogP contribution in [0.25, 0.3) is 0 Å². The highest BCUT2D eigenvalue weighted by molar-refractivity contribution is 5.62. The number of hydrogen-bond acceptors (Lipinski definition) is 4. The van der Waals surface area contributed by atoms with Gasteiger partial charge in [0.1, 0.15) is 17.5 Å². The lowest BCUT2D eigenvalue weighted by Gasteiger charge is -2.10. The molecule has 0 aliphatic rings. The topological polar surface area (TPSA) is 49.8 Å². The first-order valence-electron chi connectivity index (χ1n) is 5.55. The lowest BCUT2D eigenvalue weighted by atomic mass is 10.2. The molecule has 4 nitrogen and oxygen atoms in total. The van der Waals surface area contributed by atoms with E-state index in [1.807, 2.05) is 38.2 Å². The molecule has 0 saturated heterocycles. The van der Waals surface area contributed by atoms with E-state index in [0.29, 0.717) is 0 Å². The summed E-state index contributed by atoms with van der Waals surface area (Å²) >= 11 is 0. The van der Waals surface area contributed by atoms with Gasteiger partial charge in [-0.3, -0.25) is 0 Å². The predicted molar refractivity (Wildman–Crippen MR) is 70.8 cm³/mol. The van der Waals surface area contributed by atoms with Crippen LogP contribution in [0.4, 0.5) is 17.3 Å². The van der Waals surface area contributed by atoms with Crippen LogP contribution in [0.2, 0.25) is 0 Å². The minimum atomic E-state index is 0.743. The van der Waals surface area contributed by atoms with Gasteiger partial charge in [-0.1, -0.05) is 18.2 Å². The van der Waals surface area contributed by atoms with Crippen LogP contribution in [-0.2, 0) is 0 Å². The van der Waals surface area contributed by atoms with Gasteiger partial charge in [-0.15, -0.1) is 0 Å². The van der Waals surface area contributed by atoms with Gasteiger partial charge in [0.2, 0.25) is 0 Å². The number of rotatable bonds is 3. The average molecular weight is 228 g/mol. The third-order valence-corrected chi connectivity index (χ3v) is 2.50. The Bertz CT molecular complexity index is 523. The summed E-state index contributed by atoms with van der Waals surface area (Å²) in [6.45, 7) is 3.94. The monoisotopic (exact) mass is 228 g/mol. The van der Waals surface area contributed by atoms with Gasteiger partial charge in [0, 0.05) is 18.8 Å². The Morgan fingerprint density at radius 3 is 2.41 bits per heavy atom. The summed E-state index contributed by atoms with van der Waals surface area (Å²) < 4.78 is 0. The molecule has 1 aromatic carbocycles. The lowest BCUT2D eigenvalue weighted by molar-refractivity contribution is 1.05. The maximum Gasteiger partial charge on any atom is 0.136 e. The van der Waals surface area contributed by atoms with Gasteiger partial charge in [-0.2, -0.15) is 0 Å². The summed E-state index contributed by atoms with van der Waals surface area (Å²) in [4.78, 5) is 8.61. The second kappa shape index (κ2) is 4.82. The lowest BCUT2D eigenvalue weighted by Crippen LogP contribution is -2.01. The largest absolute Gasteiger partial charge is 0.373 e. The van der Waals surface area contributed by atoms with Crippen LogP contribution >= 0.6 is 0 Å². The van der Waals surface area contributed by atoms with Crippen molar-refractivity contribution in [1.29, 1.82) is 0 Å². The Balaban J connectivity index is 2.30. The number of benzene rings is 1. The van der Waals surface area contributed by atoms with E-state index in [0.717, 1.165) is 23.1 Å². The number of anilines is 3. The van der Waals surface area contributed by atoms with Crippen LogP contribution in [0.3, 0.4) is 0 Å². The molecule has 0 fully saturated rings. The van der Waals surface area contributed by atoms with Gasteiger partial charge in [0.25, 0.3) is 0 Å². The Morgan fingerprint density at radius 1 is 1.00 bits per heavy atom. The van der Waals surface area contributed by atoms with E-state index in [1.165, 1.54) is 5.56 Å². The fraction of sp³-hybridized carbons (Fsp3) is 0.231. The van der Waals surface area contributed by atoms with Crippen molar-refractivity contribution in [2.24, 2.45) is 0 Å². The summed E-state index contributed by atoms with van der Waals surface area (Å²) in [6, 6.07) is 10.0. The maximum atomic E-state index is 4.36. The molecular formula is C13H16N4. The third kappa shape index (κ3) is 2.72. The van der Waals surface area contributed by atoms with Gasteiger partial charge in [0.05, 0.1) is 0 Å². The number of aryl methyl sites for hydroxylation is 2. The van der Waals surface area contributed by atoms with Crippen molar-refractivity contribution in [2.75, 3.05) is 17.7 Å². The molecule has 0 radical (unpaired) electrons. The molecular weight excluding hydrogens is 212 g/mol. The first-order chi connectivity index (χ1) is 8.19. The van der Waals surface area contributed by atoms with Gasteiger partial charge in [0.15, 0.2) is 0 Å². The normalized spacial score (nSPS) is 10.1. The van der Waals surface area contributed by atoms with Gasteiger partial charge >= 0.3 is 0 Å². The van der Waals surface area contributed by atoms with Crippen molar-refractivity contribution < 1.29 is 0 Å². The summed E-state index contributed by atoms with van der Waals surface area (Å²) in [5.41, 5.74) is 2.25. The molecule has 0 aliphatic carbocycles. The molecule has 0 bridgehead atoms. The van der Waals surface area contributed by atoms with Crippen LogP contribution in [0, 0.1) is 13.8 Å². The molecule has 17 heavy (non-hydrogen) atoms. The van der Waals surface area contributed by atoms with Crippen LogP contribution in [-0.4, -0.2) is 17.0 Å². The van der Waals surface area contributed by atoms with Gasteiger partial charge in [-0.05, 0) is 25.5 Å². The minimum Gasteiger partial charge on any atom is -0.373 e. The smallest absolute Gasteiger partial charge is 0.136 e. The maximum absolute atomic E-state index is 4.36. The predicted octanol–water partition coefficient (Wildman–Crippen LogP) is 2.88. The molecule has 2 rings (SSSR count). The number of para-hydroxylation sites is 1. The standard InChI is InChI=1S/C13H16N4/c1-9-6-4-5-7-11(9)17-13-8-12(14-3)15-10(2)16-13/h4-8H,1-3H3,(H2,14,15,16,17). The fourth-order valence-electron chi connectivity index (χ4n) is 1.61. The third-order valence-electron chi connectivity index (χ3n) is 2.50. The van der Waals surface area contributed by atoms with Crippen molar-refractivity contribution in [2.45, 2.75) is 13.8 Å². The van der Waals surface area contributed by atoms with E-state index in [2.05, 4.69) is 33.6 Å². The average Bonchev–Trinajstić information content (AvgIpc) is 2.31. The molecule has 2 aromatic rings. The van der Waals surface area contributed by atoms with Crippen molar-refractivity contribution in [3.8, 4) is 0 Å². The highest BCUT2D eigenvalue weighted by Gasteiger charge is 2.02. The SMILES string of the molecule is CNc1cc(Nc2ccccc2C)nc(C)n1. The van der Waals surface area contributed by atoms with Crippen LogP contribution < -0.4 is 10.6 Å². The van der Waals surface area contributed by atoms with E-state index in [4.69, 9.17) is 0 Å². The number of nitrogens with one attached hydrogen (secondary N) is 2. The zero-order valence-electron chi connectivity index (χ0n) is 10.3. The molecule has 1 aromatic heterocycles. The Morgan fingerprint density at radius 2 is 1.71 bits per heavy atom. The number of nitrogens with zero attached hydrogens (tertiary/aromatic N) is 2. The molecule has 1 heterocycles. The molecule has 0 aliphatic heterocycles. The van der Waals surface area contributed by atoms with E-state index < -0.39 is 0 Å². The van der Waals surface area contributed by atoms with Crippen molar-refractivity contribution in [3.63, 3.8) is 0 Å². The zero-order valence-corrected chi connectivity index (χ0v) is 10.3. The van der Waals surface area contributed by atoms with Crippen molar-refractivity contribution in [3.05, 3.63) is 41.7 Å². The van der Waals surface area contributed by atoms with E-state index in [1.54, 1.807) is 0 Å². The summed E-state index contributed by atoms with van der Waals surface area (Å²) in [7, 11) is 1.85. The summed E-state index contributed by atoms with van der Waals surface area (Å²) in [6.07, 6.45) is 0. The molecule has 4 heteroatoms. The minimum absolute atomic E-state index is 0.743. The molecule has 0 unspecified atom stereocenters. The molecule has 0 atom stereocenters. The fourth-order valence-corrected chi connectivity index (χ4v) is 1.61. The van der Waals surface area contributed by atoms with Crippen LogP contribution in [0.1, 0.15) is 11.4 Å². The van der Waals surface area contributed by atoms with Gasteiger partial charge in [-0.25, -0.2) is 9.97 Å². The number of aromatic nitrogens is 2. The van der Waals surface area contributed by atoms with Crippen molar-refractivity contribution in [1.82, 2.24) is 9.97 Å². The quantitative estimate of drug-likeness (QED) is 0.848. The molecule has 0 saturated carbocycles. The Labute approximate surface area is 101 Å². The van der Waals surface area contributed by atoms with Crippen molar-refractivity contribution >= 4 is 17.3 Å². The molecule has 88 valence electrons. The first-order valence-corrected chi connectivity index (χ1v) is 5.55. The van der Waals surface area contributed by atoms with E-state index in [-0.39, 0.29) is 0 Å². The first kappa shape index (κ1) is 11.4. The summed E-state index contributed by atoms with van der Waals surface area (Å²) in [5, 5.41) is 6.31. The highest BCUT2D eigenvalue weighted by Crippen LogP contribution is 2.20. The second-order valence-corrected chi connectivity index (χ2v) is 3.88. The van der Waals surface area contributed by atoms with Crippen LogP contribution in [0.15, 0.2) is 30.3 Å².